The zero-order valence-corrected chi connectivity index (χ0v) is 11.1. The number of imide groups is 2. The molecule has 2 atom stereocenters. The van der Waals surface area contributed by atoms with Crippen molar-refractivity contribution in [2.24, 2.45) is 5.92 Å². The van der Waals surface area contributed by atoms with Gasteiger partial charge in [0.2, 0.25) is 5.91 Å². The molecule has 4 amide bonds. The van der Waals surface area contributed by atoms with Crippen LogP contribution in [0.4, 0.5) is 4.79 Å². The van der Waals surface area contributed by atoms with Crippen molar-refractivity contribution < 1.29 is 29.1 Å². The van der Waals surface area contributed by atoms with E-state index in [0.717, 1.165) is 4.90 Å². The standard InChI is InChI=1S/C14H10N2O6/c17-9-5-8(10-12(19)15-14(22)16(9)10)11(18)6-1-3-7(4-2-6)13(20)21/h1-4,8,10H,5H2,(H,20,21)(H,15,19,22). The number of aromatic carboxylic acids is 1. The number of benzene rings is 1. The third-order valence-electron chi connectivity index (χ3n) is 3.79. The van der Waals surface area contributed by atoms with Crippen LogP contribution in [0.15, 0.2) is 24.3 Å². The second kappa shape index (κ2) is 4.76. The van der Waals surface area contributed by atoms with Crippen LogP contribution in [-0.4, -0.2) is 45.6 Å². The van der Waals surface area contributed by atoms with Crippen molar-refractivity contribution in [1.29, 1.82) is 0 Å². The third kappa shape index (κ3) is 1.96. The Labute approximate surface area is 123 Å². The lowest BCUT2D eigenvalue weighted by atomic mass is 9.90. The predicted octanol–water partition coefficient (Wildman–Crippen LogP) is 0.0344. The first-order valence-corrected chi connectivity index (χ1v) is 6.44. The van der Waals surface area contributed by atoms with Gasteiger partial charge in [0.15, 0.2) is 5.78 Å². The largest absolute Gasteiger partial charge is 0.478 e. The van der Waals surface area contributed by atoms with Crippen molar-refractivity contribution in [3.63, 3.8) is 0 Å². The number of rotatable bonds is 3. The van der Waals surface area contributed by atoms with Gasteiger partial charge >= 0.3 is 12.0 Å². The maximum Gasteiger partial charge on any atom is 0.335 e. The lowest BCUT2D eigenvalue weighted by Crippen LogP contribution is -2.37. The second-order valence-electron chi connectivity index (χ2n) is 5.06. The SMILES string of the molecule is O=C(O)c1ccc(C(=O)C2CC(=O)N3C(=O)NC(=O)C23)cc1. The molecular formula is C14H10N2O6. The quantitative estimate of drug-likeness (QED) is 0.600. The highest BCUT2D eigenvalue weighted by molar-refractivity contribution is 6.18. The summed E-state index contributed by atoms with van der Waals surface area (Å²) in [5.41, 5.74) is 0.214. The van der Waals surface area contributed by atoms with Crippen molar-refractivity contribution in [2.45, 2.75) is 12.5 Å². The van der Waals surface area contributed by atoms with E-state index in [0.29, 0.717) is 0 Å². The molecule has 8 heteroatoms. The average Bonchev–Trinajstić information content (AvgIpc) is 2.98. The highest BCUT2D eigenvalue weighted by Gasteiger charge is 2.55. The van der Waals surface area contributed by atoms with Crippen molar-refractivity contribution >= 4 is 29.6 Å². The van der Waals surface area contributed by atoms with Crippen molar-refractivity contribution in [1.82, 2.24) is 10.2 Å². The zero-order valence-electron chi connectivity index (χ0n) is 11.1. The normalized spacial score (nSPS) is 23.5. The predicted molar refractivity (Wildman–Crippen MR) is 70.0 cm³/mol. The number of Topliss-reactive ketones (excluding diaryl/α,β-unsaturated/α-hetero) is 1. The average molecular weight is 302 g/mol. The van der Waals surface area contributed by atoms with E-state index in [9.17, 15) is 24.0 Å². The molecule has 0 radical (unpaired) electrons. The van der Waals surface area contributed by atoms with E-state index < -0.39 is 41.6 Å². The third-order valence-corrected chi connectivity index (χ3v) is 3.79. The van der Waals surface area contributed by atoms with Crippen LogP contribution in [0.1, 0.15) is 27.1 Å². The van der Waals surface area contributed by atoms with Crippen LogP contribution in [0, 0.1) is 5.92 Å². The number of fused-ring (bicyclic) bond motifs is 1. The molecule has 2 unspecified atom stereocenters. The zero-order chi connectivity index (χ0) is 16.0. The van der Waals surface area contributed by atoms with Gasteiger partial charge in [0, 0.05) is 12.0 Å². The van der Waals surface area contributed by atoms with Gasteiger partial charge in [-0.05, 0) is 12.1 Å². The van der Waals surface area contributed by atoms with Crippen LogP contribution in [0.25, 0.3) is 0 Å². The number of carbonyl (C=O) groups excluding carboxylic acids is 4. The Kier molecular flexibility index (Phi) is 3.01. The minimum atomic E-state index is -1.12. The summed E-state index contributed by atoms with van der Waals surface area (Å²) in [7, 11) is 0. The van der Waals surface area contributed by atoms with Crippen LogP contribution in [-0.2, 0) is 9.59 Å². The van der Waals surface area contributed by atoms with Crippen molar-refractivity contribution in [3.8, 4) is 0 Å². The van der Waals surface area contributed by atoms with E-state index in [1.54, 1.807) is 0 Å². The Hall–Kier alpha value is -3.03. The summed E-state index contributed by atoms with van der Waals surface area (Å²) >= 11 is 0. The van der Waals surface area contributed by atoms with Crippen LogP contribution in [0.2, 0.25) is 0 Å². The number of urea groups is 1. The van der Waals surface area contributed by atoms with Gasteiger partial charge in [-0.15, -0.1) is 0 Å². The molecule has 8 nitrogen and oxygen atoms in total. The Morgan fingerprint density at radius 1 is 1.09 bits per heavy atom. The van der Waals surface area contributed by atoms with Crippen LogP contribution >= 0.6 is 0 Å². The molecule has 0 aliphatic carbocycles. The van der Waals surface area contributed by atoms with E-state index in [-0.39, 0.29) is 17.5 Å². The van der Waals surface area contributed by atoms with Gasteiger partial charge in [0.05, 0.1) is 11.5 Å². The van der Waals surface area contributed by atoms with Gasteiger partial charge < -0.3 is 5.11 Å². The van der Waals surface area contributed by atoms with Gasteiger partial charge in [-0.3, -0.25) is 24.6 Å². The monoisotopic (exact) mass is 302 g/mol. The fourth-order valence-electron chi connectivity index (χ4n) is 2.74. The first-order chi connectivity index (χ1) is 10.4. The van der Waals surface area contributed by atoms with E-state index in [1.807, 2.05) is 5.32 Å². The lowest BCUT2D eigenvalue weighted by molar-refractivity contribution is -0.128. The minimum Gasteiger partial charge on any atom is -0.478 e. The molecule has 1 aromatic carbocycles. The van der Waals surface area contributed by atoms with Crippen molar-refractivity contribution in [3.05, 3.63) is 35.4 Å². The van der Waals surface area contributed by atoms with Gasteiger partial charge in [0.1, 0.15) is 6.04 Å². The molecule has 22 heavy (non-hydrogen) atoms. The Morgan fingerprint density at radius 3 is 2.27 bits per heavy atom. The van der Waals surface area contributed by atoms with E-state index in [2.05, 4.69) is 0 Å². The molecular weight excluding hydrogens is 292 g/mol. The Bertz CT molecular complexity index is 721. The highest BCUT2D eigenvalue weighted by Crippen LogP contribution is 2.31. The molecule has 112 valence electrons. The topological polar surface area (TPSA) is 121 Å². The second-order valence-corrected chi connectivity index (χ2v) is 5.06. The molecule has 2 N–H and O–H groups in total. The number of carboxylic acids is 1. The molecule has 2 heterocycles. The maximum absolute atomic E-state index is 12.5. The van der Waals surface area contributed by atoms with E-state index >= 15 is 0 Å². The summed E-state index contributed by atoms with van der Waals surface area (Å²) in [6.07, 6.45) is -0.219. The first-order valence-electron chi connectivity index (χ1n) is 6.44. The number of carboxylic acid groups (broad SMARTS) is 1. The number of hydrogen-bond donors (Lipinski definition) is 2. The Morgan fingerprint density at radius 2 is 1.68 bits per heavy atom. The maximum atomic E-state index is 12.5. The highest BCUT2D eigenvalue weighted by atomic mass is 16.4. The van der Waals surface area contributed by atoms with E-state index in [4.69, 9.17) is 5.11 Å². The molecule has 2 saturated heterocycles. The molecule has 0 aromatic heterocycles. The van der Waals surface area contributed by atoms with Crippen LogP contribution in [0.5, 0.6) is 0 Å². The van der Waals surface area contributed by atoms with E-state index in [1.165, 1.54) is 24.3 Å². The minimum absolute atomic E-state index is 0.0227. The van der Waals surface area contributed by atoms with Crippen molar-refractivity contribution in [2.75, 3.05) is 0 Å². The first kappa shape index (κ1) is 13.9. The summed E-state index contributed by atoms with van der Waals surface area (Å²) in [5, 5.41) is 10.8. The number of hydrogen-bond acceptors (Lipinski definition) is 5. The molecule has 0 bridgehead atoms. The number of ketones is 1. The summed E-state index contributed by atoms with van der Waals surface area (Å²) in [6, 6.07) is 3.26. The van der Waals surface area contributed by atoms with Gasteiger partial charge in [-0.1, -0.05) is 12.1 Å². The molecule has 0 spiro atoms. The molecule has 1 aromatic rings. The summed E-state index contributed by atoms with van der Waals surface area (Å²) < 4.78 is 0. The molecule has 3 rings (SSSR count). The van der Waals surface area contributed by atoms with Crippen LogP contribution in [0.3, 0.4) is 0 Å². The lowest BCUT2D eigenvalue weighted by Gasteiger charge is -2.14. The molecule has 0 saturated carbocycles. The fraction of sp³-hybridized carbons (Fsp3) is 0.214. The van der Waals surface area contributed by atoms with Gasteiger partial charge in [0.25, 0.3) is 5.91 Å². The number of amides is 4. The molecule has 2 aliphatic heterocycles. The van der Waals surface area contributed by atoms with Gasteiger partial charge in [-0.25, -0.2) is 9.59 Å². The molecule has 2 fully saturated rings. The number of carbonyl (C=O) groups is 5. The summed E-state index contributed by atoms with van der Waals surface area (Å²) in [4.78, 5) is 59.0. The van der Waals surface area contributed by atoms with Gasteiger partial charge in [-0.2, -0.15) is 0 Å². The summed E-state index contributed by atoms with van der Waals surface area (Å²) in [6.45, 7) is 0. The number of nitrogens with one attached hydrogen (secondary N) is 1. The van der Waals surface area contributed by atoms with Crippen LogP contribution < -0.4 is 5.32 Å². The number of nitrogens with zero attached hydrogens (tertiary/aromatic N) is 1. The fourth-order valence-corrected chi connectivity index (χ4v) is 2.74. The smallest absolute Gasteiger partial charge is 0.335 e. The Balaban J connectivity index is 1.89. The summed E-state index contributed by atoms with van der Waals surface area (Å²) in [5.74, 6) is -3.79. The molecule has 2 aliphatic rings.